The Morgan fingerprint density at radius 1 is 1.19 bits per heavy atom. The standard InChI is InChI=1S/C14H26N4O11P2/c1-18(2,3)6-7-26-30(22,23)29-31(24,25)27-8-9-11(19)12(20)13(28-9)17-5-4-10(15)16-14(17)21/h4-5,9,11-13,19-20H,6-8H2,1-3H3,(H3-,15,16,21,22,23,24,25)/p+1/t9-,11+,12+,13+/m0/s1. The van der Waals surface area contributed by atoms with Crippen molar-refractivity contribution >= 4 is 21.5 Å². The van der Waals surface area contributed by atoms with Crippen LogP contribution in [0.2, 0.25) is 0 Å². The van der Waals surface area contributed by atoms with Gasteiger partial charge in [-0.05, 0) is 6.07 Å². The summed E-state index contributed by atoms with van der Waals surface area (Å²) in [7, 11) is -4.64. The van der Waals surface area contributed by atoms with E-state index in [1.54, 1.807) is 21.1 Å². The number of ether oxygens (including phenoxy) is 1. The van der Waals surface area contributed by atoms with Gasteiger partial charge in [-0.3, -0.25) is 13.6 Å². The highest BCUT2D eigenvalue weighted by Gasteiger charge is 2.46. The SMILES string of the molecule is C[N+](C)(C)CCOP(=O)(O)OP(=O)(O)OC[C@@H]1O[C@@H](n2ccc(N)nc2=O)[C@H](O)[C@@H]1O. The molecule has 0 aromatic carbocycles. The molecule has 15 nitrogen and oxygen atoms in total. The number of anilines is 1. The molecule has 6 N–H and O–H groups in total. The third-order valence-corrected chi connectivity index (χ3v) is 6.72. The van der Waals surface area contributed by atoms with Crippen molar-refractivity contribution in [2.24, 2.45) is 0 Å². The predicted molar refractivity (Wildman–Crippen MR) is 104 cm³/mol. The number of aromatic nitrogens is 2. The molecule has 0 amide bonds. The fourth-order valence-corrected chi connectivity index (χ4v) is 4.56. The summed E-state index contributed by atoms with van der Waals surface area (Å²) in [5.74, 6) is -0.0652. The lowest BCUT2D eigenvalue weighted by molar-refractivity contribution is -0.870. The van der Waals surface area contributed by atoms with Crippen molar-refractivity contribution in [1.29, 1.82) is 0 Å². The number of nitrogens with zero attached hydrogens (tertiary/aromatic N) is 3. The minimum absolute atomic E-state index is 0.0652. The molecule has 1 aliphatic heterocycles. The Hall–Kier alpha value is -1.22. The summed E-state index contributed by atoms with van der Waals surface area (Å²) in [4.78, 5) is 34.7. The van der Waals surface area contributed by atoms with Crippen LogP contribution in [0.5, 0.6) is 0 Å². The van der Waals surface area contributed by atoms with E-state index in [1.165, 1.54) is 12.3 Å². The van der Waals surface area contributed by atoms with E-state index >= 15 is 0 Å². The van der Waals surface area contributed by atoms with Gasteiger partial charge in [0.05, 0.1) is 27.7 Å². The molecule has 2 unspecified atom stereocenters. The third kappa shape index (κ3) is 7.70. The van der Waals surface area contributed by atoms with E-state index in [9.17, 15) is 33.9 Å². The summed E-state index contributed by atoms with van der Waals surface area (Å²) in [5.41, 5.74) is 4.53. The molecule has 0 radical (unpaired) electrons. The van der Waals surface area contributed by atoms with Gasteiger partial charge in [0, 0.05) is 6.20 Å². The first-order valence-electron chi connectivity index (χ1n) is 8.93. The number of phosphoric ester groups is 2. The first kappa shape index (κ1) is 26.0. The van der Waals surface area contributed by atoms with E-state index in [1.807, 2.05) is 0 Å². The van der Waals surface area contributed by atoms with Crippen molar-refractivity contribution in [3.05, 3.63) is 22.7 Å². The van der Waals surface area contributed by atoms with Gasteiger partial charge >= 0.3 is 21.3 Å². The lowest BCUT2D eigenvalue weighted by atomic mass is 10.1. The van der Waals surface area contributed by atoms with E-state index < -0.39 is 52.5 Å². The molecule has 1 aromatic rings. The Balaban J connectivity index is 1.96. The topological polar surface area (TPSA) is 213 Å². The molecule has 0 aliphatic carbocycles. The third-order valence-electron chi connectivity index (χ3n) is 4.09. The molecule has 1 aromatic heterocycles. The van der Waals surface area contributed by atoms with E-state index in [2.05, 4.69) is 18.3 Å². The quantitative estimate of drug-likeness (QED) is 0.185. The first-order valence-corrected chi connectivity index (χ1v) is 11.9. The predicted octanol–water partition coefficient (Wildman–Crippen LogP) is -1.60. The number of likely N-dealkylation sites (N-methyl/N-ethyl adjacent to an activating group) is 1. The van der Waals surface area contributed by atoms with Crippen LogP contribution in [-0.2, 0) is 27.2 Å². The van der Waals surface area contributed by atoms with E-state index in [-0.39, 0.29) is 12.4 Å². The fraction of sp³-hybridized carbons (Fsp3) is 0.714. The van der Waals surface area contributed by atoms with Crippen LogP contribution in [0.4, 0.5) is 5.82 Å². The molecular formula is C14H27N4O11P2+. The zero-order valence-electron chi connectivity index (χ0n) is 17.0. The first-order chi connectivity index (χ1) is 14.1. The molecule has 2 rings (SSSR count). The molecule has 1 aliphatic rings. The monoisotopic (exact) mass is 489 g/mol. The Morgan fingerprint density at radius 3 is 2.39 bits per heavy atom. The average Bonchev–Trinajstić information content (AvgIpc) is 2.86. The largest absolute Gasteiger partial charge is 0.481 e. The van der Waals surface area contributed by atoms with Gasteiger partial charge in [-0.2, -0.15) is 9.29 Å². The molecule has 1 saturated heterocycles. The number of quaternary nitrogens is 1. The van der Waals surface area contributed by atoms with Crippen molar-refractivity contribution in [1.82, 2.24) is 9.55 Å². The smallest absolute Gasteiger partial charge is 0.387 e. The Bertz CT molecular complexity index is 920. The maximum Gasteiger partial charge on any atom is 0.481 e. The van der Waals surface area contributed by atoms with Gasteiger partial charge in [-0.15, -0.1) is 0 Å². The van der Waals surface area contributed by atoms with Crippen LogP contribution in [0, 0.1) is 0 Å². The van der Waals surface area contributed by atoms with Crippen LogP contribution in [0.25, 0.3) is 0 Å². The number of rotatable bonds is 10. The summed E-state index contributed by atoms with van der Waals surface area (Å²) >= 11 is 0. The average molecular weight is 489 g/mol. The van der Waals surface area contributed by atoms with Gasteiger partial charge in [-0.25, -0.2) is 13.9 Å². The van der Waals surface area contributed by atoms with Crippen LogP contribution in [0.15, 0.2) is 17.1 Å². The molecule has 1 fully saturated rings. The van der Waals surface area contributed by atoms with Crippen molar-refractivity contribution in [2.45, 2.75) is 24.5 Å². The van der Waals surface area contributed by atoms with Crippen LogP contribution in [-0.4, -0.2) is 93.2 Å². The summed E-state index contributed by atoms with van der Waals surface area (Å²) in [6, 6.07) is 1.26. The molecule has 17 heteroatoms. The minimum atomic E-state index is -5.11. The second-order valence-corrected chi connectivity index (χ2v) is 10.8. The summed E-state index contributed by atoms with van der Waals surface area (Å²) in [6.07, 6.45) is -4.82. The van der Waals surface area contributed by atoms with Gasteiger partial charge in [0.25, 0.3) is 0 Å². The number of nitrogen functional groups attached to an aromatic ring is 1. The Kier molecular flexibility index (Phi) is 8.17. The highest BCUT2D eigenvalue weighted by atomic mass is 31.3. The molecule has 0 spiro atoms. The lowest BCUT2D eigenvalue weighted by Crippen LogP contribution is -2.37. The van der Waals surface area contributed by atoms with E-state index in [0.29, 0.717) is 11.0 Å². The van der Waals surface area contributed by atoms with Crippen molar-refractivity contribution < 1.29 is 51.7 Å². The van der Waals surface area contributed by atoms with Crippen LogP contribution < -0.4 is 11.4 Å². The van der Waals surface area contributed by atoms with Gasteiger partial charge in [-0.1, -0.05) is 0 Å². The molecule has 0 bridgehead atoms. The lowest BCUT2D eigenvalue weighted by Gasteiger charge is -2.24. The molecular weight excluding hydrogens is 462 g/mol. The van der Waals surface area contributed by atoms with Gasteiger partial charge in [0.15, 0.2) is 6.23 Å². The number of aliphatic hydroxyl groups excluding tert-OH is 2. The van der Waals surface area contributed by atoms with E-state index in [4.69, 9.17) is 10.5 Å². The van der Waals surface area contributed by atoms with Crippen molar-refractivity contribution in [3.63, 3.8) is 0 Å². The van der Waals surface area contributed by atoms with Crippen LogP contribution in [0.3, 0.4) is 0 Å². The summed E-state index contributed by atoms with van der Waals surface area (Å²) in [5, 5.41) is 20.2. The number of aliphatic hydroxyl groups is 2. The molecule has 2 heterocycles. The summed E-state index contributed by atoms with van der Waals surface area (Å²) < 4.78 is 43.9. The number of hydrogen-bond acceptors (Lipinski definition) is 11. The van der Waals surface area contributed by atoms with Crippen molar-refractivity contribution in [3.8, 4) is 0 Å². The summed E-state index contributed by atoms with van der Waals surface area (Å²) in [6.45, 7) is -0.746. The normalized spacial score (nSPS) is 28.2. The maximum absolute atomic E-state index is 12.0. The second kappa shape index (κ2) is 9.73. The van der Waals surface area contributed by atoms with Gasteiger partial charge in [0.1, 0.15) is 37.3 Å². The highest BCUT2D eigenvalue weighted by Crippen LogP contribution is 2.60. The fourth-order valence-electron chi connectivity index (χ4n) is 2.49. The van der Waals surface area contributed by atoms with E-state index in [0.717, 1.165) is 4.57 Å². The van der Waals surface area contributed by atoms with Gasteiger partial charge < -0.3 is 35.0 Å². The second-order valence-electron chi connectivity index (χ2n) is 7.75. The number of hydrogen-bond donors (Lipinski definition) is 5. The number of nitrogens with two attached hydrogens (primary N) is 1. The molecule has 31 heavy (non-hydrogen) atoms. The van der Waals surface area contributed by atoms with Crippen molar-refractivity contribution in [2.75, 3.05) is 46.6 Å². The maximum atomic E-state index is 12.0. The van der Waals surface area contributed by atoms with Crippen LogP contribution in [0.1, 0.15) is 6.23 Å². The van der Waals surface area contributed by atoms with Gasteiger partial charge in [0.2, 0.25) is 0 Å². The van der Waals surface area contributed by atoms with Crippen LogP contribution >= 0.6 is 15.6 Å². The Morgan fingerprint density at radius 2 is 1.81 bits per heavy atom. The Labute approximate surface area is 177 Å². The molecule has 178 valence electrons. The zero-order valence-corrected chi connectivity index (χ0v) is 18.8. The zero-order chi connectivity index (χ0) is 23.6. The number of phosphoric acid groups is 2. The minimum Gasteiger partial charge on any atom is -0.387 e. The highest BCUT2D eigenvalue weighted by molar-refractivity contribution is 7.61. The molecule has 6 atom stereocenters. The molecule has 0 saturated carbocycles.